The van der Waals surface area contributed by atoms with E-state index in [0.717, 1.165) is 10.1 Å². The van der Waals surface area contributed by atoms with Crippen LogP contribution in [0.5, 0.6) is 0 Å². The standard InChI is InChI=1S/C13H12N4O3/c1-3-8-20-16-9(2)10-4-6-11(7-5-10)17-12(18)14-15-13(17)19/h1,4-7H,8H2,2H3,(H,14,18)(H,15,19)/b16-9+. The van der Waals surface area contributed by atoms with Gasteiger partial charge in [0, 0.05) is 0 Å². The minimum atomic E-state index is -0.523. The Hall–Kier alpha value is -3.01. The van der Waals surface area contributed by atoms with Crippen molar-refractivity contribution in [2.75, 3.05) is 6.61 Å². The van der Waals surface area contributed by atoms with Crippen LogP contribution < -0.4 is 11.4 Å². The number of nitrogens with one attached hydrogen (secondary N) is 2. The third-order valence-electron chi connectivity index (χ3n) is 2.58. The molecule has 7 nitrogen and oxygen atoms in total. The molecule has 2 aromatic rings. The number of rotatable bonds is 4. The van der Waals surface area contributed by atoms with E-state index >= 15 is 0 Å². The molecule has 0 atom stereocenters. The van der Waals surface area contributed by atoms with Gasteiger partial charge < -0.3 is 4.84 Å². The average Bonchev–Trinajstić information content (AvgIpc) is 2.78. The van der Waals surface area contributed by atoms with Crippen LogP contribution in [0, 0.1) is 12.3 Å². The maximum atomic E-state index is 11.4. The summed E-state index contributed by atoms with van der Waals surface area (Å²) >= 11 is 0. The zero-order valence-electron chi connectivity index (χ0n) is 10.7. The molecule has 102 valence electrons. The van der Waals surface area contributed by atoms with Crippen LogP contribution in [-0.2, 0) is 4.84 Å². The number of aromatic nitrogens is 3. The Balaban J connectivity index is 2.28. The van der Waals surface area contributed by atoms with Gasteiger partial charge in [-0.25, -0.2) is 24.4 Å². The molecule has 0 unspecified atom stereocenters. The van der Waals surface area contributed by atoms with Gasteiger partial charge in [0.05, 0.1) is 11.4 Å². The van der Waals surface area contributed by atoms with Gasteiger partial charge in [0.15, 0.2) is 6.61 Å². The van der Waals surface area contributed by atoms with Crippen LogP contribution >= 0.6 is 0 Å². The first-order valence-corrected chi connectivity index (χ1v) is 5.74. The largest absolute Gasteiger partial charge is 0.382 e. The number of hydrogen-bond donors (Lipinski definition) is 2. The highest BCUT2D eigenvalue weighted by atomic mass is 16.6. The second-order valence-corrected chi connectivity index (χ2v) is 3.90. The Kier molecular flexibility index (Phi) is 3.86. The lowest BCUT2D eigenvalue weighted by molar-refractivity contribution is 0.180. The number of hydrogen-bond acceptors (Lipinski definition) is 4. The summed E-state index contributed by atoms with van der Waals surface area (Å²) in [5.41, 5.74) is 0.850. The molecule has 0 saturated carbocycles. The molecule has 0 fully saturated rings. The van der Waals surface area contributed by atoms with Crippen LogP contribution in [0.1, 0.15) is 12.5 Å². The zero-order valence-corrected chi connectivity index (χ0v) is 10.7. The van der Waals surface area contributed by atoms with Crippen molar-refractivity contribution in [3.8, 4) is 18.0 Å². The van der Waals surface area contributed by atoms with E-state index < -0.39 is 11.4 Å². The Morgan fingerprint density at radius 2 is 1.90 bits per heavy atom. The summed E-state index contributed by atoms with van der Waals surface area (Å²) in [6.07, 6.45) is 5.04. The van der Waals surface area contributed by atoms with Gasteiger partial charge in [-0.3, -0.25) is 0 Å². The van der Waals surface area contributed by atoms with E-state index in [9.17, 15) is 9.59 Å². The van der Waals surface area contributed by atoms with E-state index in [1.54, 1.807) is 31.2 Å². The maximum absolute atomic E-state index is 11.4. The molecular formula is C13H12N4O3. The van der Waals surface area contributed by atoms with Crippen LogP contribution in [0.4, 0.5) is 0 Å². The highest BCUT2D eigenvalue weighted by molar-refractivity contribution is 5.98. The van der Waals surface area contributed by atoms with Gasteiger partial charge in [-0.1, -0.05) is 23.2 Å². The highest BCUT2D eigenvalue weighted by Crippen LogP contribution is 2.07. The SMILES string of the molecule is C#CCO/N=C(\C)c1ccc(-n2c(=O)[nH][nH]c2=O)cc1. The Bertz CT molecular complexity index is 744. The molecule has 0 bridgehead atoms. The lowest BCUT2D eigenvalue weighted by Crippen LogP contribution is -2.24. The van der Waals surface area contributed by atoms with Crippen molar-refractivity contribution >= 4 is 5.71 Å². The highest BCUT2D eigenvalue weighted by Gasteiger charge is 2.06. The third-order valence-corrected chi connectivity index (χ3v) is 2.58. The molecule has 0 spiro atoms. The normalized spacial score (nSPS) is 11.1. The summed E-state index contributed by atoms with van der Waals surface area (Å²) in [5, 5.41) is 8.27. The fourth-order valence-electron chi connectivity index (χ4n) is 1.62. The van der Waals surface area contributed by atoms with Crippen molar-refractivity contribution in [1.29, 1.82) is 0 Å². The number of H-pyrrole nitrogens is 2. The minimum Gasteiger partial charge on any atom is -0.382 e. The van der Waals surface area contributed by atoms with Crippen molar-refractivity contribution in [3.63, 3.8) is 0 Å². The molecule has 20 heavy (non-hydrogen) atoms. The molecule has 7 heteroatoms. The van der Waals surface area contributed by atoms with Gasteiger partial charge in [-0.2, -0.15) is 0 Å². The second-order valence-electron chi connectivity index (χ2n) is 3.90. The van der Waals surface area contributed by atoms with Gasteiger partial charge in [0.25, 0.3) is 0 Å². The molecule has 0 saturated heterocycles. The van der Waals surface area contributed by atoms with Gasteiger partial charge >= 0.3 is 11.4 Å². The Morgan fingerprint density at radius 3 is 2.45 bits per heavy atom. The summed E-state index contributed by atoms with van der Waals surface area (Å²) < 4.78 is 0.991. The van der Waals surface area contributed by atoms with Gasteiger partial charge in [-0.15, -0.1) is 6.42 Å². The number of nitrogens with zero attached hydrogens (tertiary/aromatic N) is 2. The molecular weight excluding hydrogens is 260 g/mol. The summed E-state index contributed by atoms with van der Waals surface area (Å²) in [6.45, 7) is 1.87. The fraction of sp³-hybridized carbons (Fsp3) is 0.154. The zero-order chi connectivity index (χ0) is 14.5. The molecule has 0 amide bonds. The van der Waals surface area contributed by atoms with Crippen LogP contribution in [0.2, 0.25) is 0 Å². The molecule has 1 aromatic carbocycles. The first-order chi connectivity index (χ1) is 9.63. The van der Waals surface area contributed by atoms with Crippen LogP contribution in [0.25, 0.3) is 5.69 Å². The van der Waals surface area contributed by atoms with E-state index in [-0.39, 0.29) is 6.61 Å². The molecule has 2 N–H and O–H groups in total. The average molecular weight is 272 g/mol. The molecule has 1 aromatic heterocycles. The van der Waals surface area contributed by atoms with Crippen molar-refractivity contribution < 1.29 is 4.84 Å². The number of benzene rings is 1. The quantitative estimate of drug-likeness (QED) is 0.361. The van der Waals surface area contributed by atoms with Crippen LogP contribution in [0.15, 0.2) is 39.0 Å². The van der Waals surface area contributed by atoms with Crippen molar-refractivity contribution in [1.82, 2.24) is 14.8 Å². The molecule has 0 radical (unpaired) electrons. The van der Waals surface area contributed by atoms with Gasteiger partial charge in [-0.05, 0) is 24.6 Å². The van der Waals surface area contributed by atoms with Crippen LogP contribution in [0.3, 0.4) is 0 Å². The van der Waals surface area contributed by atoms with E-state index in [2.05, 4.69) is 21.3 Å². The van der Waals surface area contributed by atoms with E-state index in [1.165, 1.54) is 0 Å². The predicted molar refractivity (Wildman–Crippen MR) is 74.0 cm³/mol. The first kappa shape index (κ1) is 13.4. The Morgan fingerprint density at radius 1 is 1.30 bits per heavy atom. The summed E-state index contributed by atoms with van der Waals surface area (Å²) in [6, 6.07) is 6.73. The topological polar surface area (TPSA) is 92.2 Å². The first-order valence-electron chi connectivity index (χ1n) is 5.74. The predicted octanol–water partition coefficient (Wildman–Crippen LogP) is 0.228. The minimum absolute atomic E-state index is 0.101. The molecule has 0 aliphatic carbocycles. The summed E-state index contributed by atoms with van der Waals surface area (Å²) in [7, 11) is 0. The third kappa shape index (κ3) is 2.70. The number of terminal acetylenes is 1. The molecule has 0 aliphatic heterocycles. The Labute approximate surface area is 113 Å². The lowest BCUT2D eigenvalue weighted by Gasteiger charge is -2.03. The summed E-state index contributed by atoms with van der Waals surface area (Å²) in [5.74, 6) is 2.31. The van der Waals surface area contributed by atoms with E-state index in [0.29, 0.717) is 11.4 Å². The fourth-order valence-corrected chi connectivity index (χ4v) is 1.62. The van der Waals surface area contributed by atoms with E-state index in [1.807, 2.05) is 0 Å². The van der Waals surface area contributed by atoms with Gasteiger partial charge in [0.1, 0.15) is 0 Å². The molecule has 2 rings (SSSR count). The number of aromatic amines is 2. The van der Waals surface area contributed by atoms with E-state index in [4.69, 9.17) is 11.3 Å². The van der Waals surface area contributed by atoms with Crippen molar-refractivity contribution in [3.05, 3.63) is 50.8 Å². The summed E-state index contributed by atoms with van der Waals surface area (Å²) in [4.78, 5) is 27.8. The van der Waals surface area contributed by atoms with Crippen molar-refractivity contribution in [2.45, 2.75) is 6.92 Å². The van der Waals surface area contributed by atoms with Gasteiger partial charge in [0.2, 0.25) is 0 Å². The van der Waals surface area contributed by atoms with Crippen molar-refractivity contribution in [2.24, 2.45) is 5.16 Å². The molecule has 0 aliphatic rings. The maximum Gasteiger partial charge on any atom is 0.348 e. The smallest absolute Gasteiger partial charge is 0.348 e. The lowest BCUT2D eigenvalue weighted by atomic mass is 10.1. The number of oxime groups is 1. The van der Waals surface area contributed by atoms with Crippen LogP contribution in [-0.4, -0.2) is 27.1 Å². The monoisotopic (exact) mass is 272 g/mol. The molecule has 1 heterocycles. The second kappa shape index (κ2) is 5.75.